The average Bonchev–Trinajstić information content (AvgIpc) is 2.88. The number of benzene rings is 1. The van der Waals surface area contributed by atoms with Crippen LogP contribution in [0.2, 0.25) is 0 Å². The van der Waals surface area contributed by atoms with Gasteiger partial charge in [0.25, 0.3) is 5.91 Å². The van der Waals surface area contributed by atoms with Crippen molar-refractivity contribution in [1.82, 2.24) is 0 Å². The van der Waals surface area contributed by atoms with Gasteiger partial charge in [-0.3, -0.25) is 4.79 Å². The molecule has 0 bridgehead atoms. The number of amides is 1. The van der Waals surface area contributed by atoms with Crippen molar-refractivity contribution in [1.29, 1.82) is 5.26 Å². The molecule has 0 aliphatic rings. The third-order valence-corrected chi connectivity index (χ3v) is 3.08. The molecule has 1 aromatic heterocycles. The first-order chi connectivity index (χ1) is 9.13. The van der Waals surface area contributed by atoms with E-state index in [0.29, 0.717) is 11.3 Å². The van der Waals surface area contributed by atoms with E-state index in [9.17, 15) is 4.79 Å². The fourth-order valence-corrected chi connectivity index (χ4v) is 1.95. The third-order valence-electron chi connectivity index (χ3n) is 2.58. The molecule has 1 amide bonds. The number of carbonyl (C=O) groups excluding carboxylic acids is 1. The van der Waals surface area contributed by atoms with Gasteiger partial charge in [0.15, 0.2) is 5.76 Å². The summed E-state index contributed by atoms with van der Waals surface area (Å²) in [6, 6.07) is 10.5. The van der Waals surface area contributed by atoms with Crippen molar-refractivity contribution in [2.45, 2.75) is 13.3 Å². The highest BCUT2D eigenvalue weighted by atomic mass is 79.9. The number of anilines is 1. The van der Waals surface area contributed by atoms with Crippen LogP contribution < -0.4 is 5.32 Å². The average molecular weight is 319 g/mol. The normalized spacial score (nSPS) is 9.95. The smallest absolute Gasteiger partial charge is 0.291 e. The summed E-state index contributed by atoms with van der Waals surface area (Å²) in [6.45, 7) is 1.95. The van der Waals surface area contributed by atoms with Crippen LogP contribution in [0.25, 0.3) is 0 Å². The number of carbonyl (C=O) groups is 1. The molecule has 19 heavy (non-hydrogen) atoms. The molecule has 96 valence electrons. The van der Waals surface area contributed by atoms with Crippen LogP contribution in [-0.4, -0.2) is 5.91 Å². The van der Waals surface area contributed by atoms with Gasteiger partial charge in [0.1, 0.15) is 11.8 Å². The van der Waals surface area contributed by atoms with Crippen molar-refractivity contribution in [2.75, 3.05) is 5.32 Å². The highest BCUT2D eigenvalue weighted by molar-refractivity contribution is 9.10. The lowest BCUT2D eigenvalue weighted by Gasteiger charge is -2.05. The molecule has 1 N–H and O–H groups in total. The zero-order valence-corrected chi connectivity index (χ0v) is 11.8. The van der Waals surface area contributed by atoms with E-state index in [1.165, 1.54) is 0 Å². The van der Waals surface area contributed by atoms with Crippen molar-refractivity contribution >= 4 is 27.5 Å². The second-order valence-corrected chi connectivity index (χ2v) is 4.79. The predicted molar refractivity (Wildman–Crippen MR) is 74.9 cm³/mol. The summed E-state index contributed by atoms with van der Waals surface area (Å²) in [6.07, 6.45) is 0.730. The summed E-state index contributed by atoms with van der Waals surface area (Å²) in [5, 5.41) is 11.7. The first kappa shape index (κ1) is 13.4. The second kappa shape index (κ2) is 5.72. The Morgan fingerprint density at radius 2 is 2.21 bits per heavy atom. The number of halogens is 1. The molecule has 0 aliphatic carbocycles. The van der Waals surface area contributed by atoms with E-state index in [1.807, 2.05) is 13.0 Å². The molecule has 5 heteroatoms. The van der Waals surface area contributed by atoms with Crippen LogP contribution in [0.1, 0.15) is 28.8 Å². The van der Waals surface area contributed by atoms with Crippen LogP contribution in [0.5, 0.6) is 0 Å². The summed E-state index contributed by atoms with van der Waals surface area (Å²) >= 11 is 3.30. The maximum atomic E-state index is 12.0. The monoisotopic (exact) mass is 318 g/mol. The Labute approximate surface area is 119 Å². The molecular weight excluding hydrogens is 308 g/mol. The Hall–Kier alpha value is -2.06. The standard InChI is InChI=1S/C14H11BrN2O2/c1-2-11-5-6-13(19-11)14(18)17-12-7-10(15)4-3-9(12)8-16/h3-7H,2H2,1H3,(H,17,18). The largest absolute Gasteiger partial charge is 0.456 e. The zero-order valence-electron chi connectivity index (χ0n) is 10.2. The van der Waals surface area contributed by atoms with E-state index in [1.54, 1.807) is 30.3 Å². The van der Waals surface area contributed by atoms with Crippen molar-refractivity contribution in [2.24, 2.45) is 0 Å². The molecule has 0 spiro atoms. The van der Waals surface area contributed by atoms with Crippen LogP contribution in [0.3, 0.4) is 0 Å². The fourth-order valence-electron chi connectivity index (χ4n) is 1.59. The summed E-state index contributed by atoms with van der Waals surface area (Å²) in [4.78, 5) is 12.0. The Morgan fingerprint density at radius 1 is 1.42 bits per heavy atom. The van der Waals surface area contributed by atoms with Crippen LogP contribution in [0.15, 0.2) is 39.2 Å². The van der Waals surface area contributed by atoms with Gasteiger partial charge in [0.2, 0.25) is 0 Å². The first-order valence-electron chi connectivity index (χ1n) is 5.73. The van der Waals surface area contributed by atoms with Crippen molar-refractivity contribution < 1.29 is 9.21 Å². The van der Waals surface area contributed by atoms with E-state index in [0.717, 1.165) is 16.7 Å². The van der Waals surface area contributed by atoms with Gasteiger partial charge in [-0.2, -0.15) is 5.26 Å². The van der Waals surface area contributed by atoms with E-state index >= 15 is 0 Å². The van der Waals surface area contributed by atoms with Crippen molar-refractivity contribution in [3.05, 3.63) is 51.9 Å². The van der Waals surface area contributed by atoms with Gasteiger partial charge in [0, 0.05) is 10.9 Å². The maximum Gasteiger partial charge on any atom is 0.291 e. The summed E-state index contributed by atoms with van der Waals surface area (Å²) in [5.41, 5.74) is 0.857. The molecule has 1 aromatic carbocycles. The van der Waals surface area contributed by atoms with Gasteiger partial charge in [-0.25, -0.2) is 0 Å². The number of aryl methyl sites for hydroxylation is 1. The highest BCUT2D eigenvalue weighted by Gasteiger charge is 2.13. The van der Waals surface area contributed by atoms with E-state index in [4.69, 9.17) is 9.68 Å². The molecule has 0 unspecified atom stereocenters. The minimum atomic E-state index is -0.366. The fraction of sp³-hybridized carbons (Fsp3) is 0.143. The van der Waals surface area contributed by atoms with Crippen LogP contribution in [0.4, 0.5) is 5.69 Å². The van der Waals surface area contributed by atoms with Gasteiger partial charge >= 0.3 is 0 Å². The van der Waals surface area contributed by atoms with E-state index < -0.39 is 0 Å². The van der Waals surface area contributed by atoms with Gasteiger partial charge in [-0.05, 0) is 30.3 Å². The number of hydrogen-bond donors (Lipinski definition) is 1. The zero-order chi connectivity index (χ0) is 13.8. The lowest BCUT2D eigenvalue weighted by molar-refractivity contribution is 0.0995. The summed E-state index contributed by atoms with van der Waals surface area (Å²) in [7, 11) is 0. The van der Waals surface area contributed by atoms with Gasteiger partial charge < -0.3 is 9.73 Å². The third kappa shape index (κ3) is 3.04. The van der Waals surface area contributed by atoms with Crippen molar-refractivity contribution in [3.8, 4) is 6.07 Å². The number of furan rings is 1. The van der Waals surface area contributed by atoms with Crippen LogP contribution in [0, 0.1) is 11.3 Å². The predicted octanol–water partition coefficient (Wildman–Crippen LogP) is 3.73. The second-order valence-electron chi connectivity index (χ2n) is 3.88. The molecule has 2 aromatic rings. The topological polar surface area (TPSA) is 66.0 Å². The summed E-state index contributed by atoms with van der Waals surface area (Å²) in [5.74, 6) is 0.620. The molecule has 0 saturated heterocycles. The number of nitrogens with zero attached hydrogens (tertiary/aromatic N) is 1. The minimum absolute atomic E-state index is 0.237. The summed E-state index contributed by atoms with van der Waals surface area (Å²) < 4.78 is 6.15. The number of rotatable bonds is 3. The SMILES string of the molecule is CCc1ccc(C(=O)Nc2cc(Br)ccc2C#N)o1. The van der Waals surface area contributed by atoms with Gasteiger partial charge in [-0.1, -0.05) is 22.9 Å². The van der Waals surface area contributed by atoms with Gasteiger partial charge in [0.05, 0.1) is 11.3 Å². The Morgan fingerprint density at radius 3 is 2.84 bits per heavy atom. The Kier molecular flexibility index (Phi) is 4.03. The first-order valence-corrected chi connectivity index (χ1v) is 6.53. The Bertz CT molecular complexity index is 656. The molecule has 4 nitrogen and oxygen atoms in total. The molecule has 0 radical (unpaired) electrons. The molecule has 1 heterocycles. The minimum Gasteiger partial charge on any atom is -0.456 e. The number of nitriles is 1. The molecule has 0 atom stereocenters. The van der Waals surface area contributed by atoms with E-state index in [2.05, 4.69) is 21.2 Å². The van der Waals surface area contributed by atoms with Gasteiger partial charge in [-0.15, -0.1) is 0 Å². The van der Waals surface area contributed by atoms with Crippen LogP contribution in [-0.2, 0) is 6.42 Å². The molecule has 2 rings (SSSR count). The van der Waals surface area contributed by atoms with Crippen LogP contribution >= 0.6 is 15.9 Å². The maximum absolute atomic E-state index is 12.0. The lowest BCUT2D eigenvalue weighted by Crippen LogP contribution is -2.12. The lowest BCUT2D eigenvalue weighted by atomic mass is 10.2. The molecule has 0 fully saturated rings. The van der Waals surface area contributed by atoms with E-state index in [-0.39, 0.29) is 11.7 Å². The number of nitrogens with one attached hydrogen (secondary N) is 1. The highest BCUT2D eigenvalue weighted by Crippen LogP contribution is 2.21. The molecule has 0 aliphatic heterocycles. The van der Waals surface area contributed by atoms with Crippen molar-refractivity contribution in [3.63, 3.8) is 0 Å². The number of hydrogen-bond acceptors (Lipinski definition) is 3. The molecular formula is C14H11BrN2O2. The Balaban J connectivity index is 2.23. The quantitative estimate of drug-likeness (QED) is 0.937. The molecule has 0 saturated carbocycles.